The first-order valence-electron chi connectivity index (χ1n) is 16.3. The summed E-state index contributed by atoms with van der Waals surface area (Å²) in [7, 11) is -1.88. The first kappa shape index (κ1) is 29.6. The lowest BCUT2D eigenvalue weighted by molar-refractivity contribution is 0.590. The molecule has 0 nitrogen and oxygen atoms in total. The molecule has 0 spiro atoms. The van der Waals surface area contributed by atoms with E-state index in [9.17, 15) is 0 Å². The molecular weight excluding hydrogens is 533 g/mol. The van der Waals surface area contributed by atoms with Gasteiger partial charge in [0, 0.05) is 0 Å². The monoisotopic (exact) mass is 580 g/mol. The van der Waals surface area contributed by atoms with Gasteiger partial charge in [-0.15, -0.1) is 0 Å². The molecule has 0 atom stereocenters. The highest BCUT2D eigenvalue weighted by Gasteiger charge is 2.41. The Labute approximate surface area is 261 Å². The minimum absolute atomic E-state index is 0.137. The van der Waals surface area contributed by atoms with E-state index in [4.69, 9.17) is 0 Å². The second-order valence-corrected chi connectivity index (χ2v) is 19.8. The van der Waals surface area contributed by atoms with Crippen molar-refractivity contribution in [3.8, 4) is 22.3 Å². The van der Waals surface area contributed by atoms with E-state index in [2.05, 4.69) is 152 Å². The Balaban J connectivity index is 1.41. The van der Waals surface area contributed by atoms with E-state index in [0.29, 0.717) is 0 Å². The van der Waals surface area contributed by atoms with Gasteiger partial charge in [-0.05, 0) is 79.3 Å². The van der Waals surface area contributed by atoms with E-state index in [1.54, 1.807) is 10.4 Å². The van der Waals surface area contributed by atoms with Gasteiger partial charge in [0.2, 0.25) is 0 Å². The van der Waals surface area contributed by atoms with E-state index < -0.39 is 8.07 Å². The normalized spacial score (nSPS) is 14.8. The van der Waals surface area contributed by atoms with E-state index >= 15 is 0 Å². The fourth-order valence-electron chi connectivity index (χ4n) is 7.53. The summed E-state index contributed by atoms with van der Waals surface area (Å²) in [5.41, 5.74) is 14.4. The maximum atomic E-state index is 2.63. The van der Waals surface area contributed by atoms with E-state index in [-0.39, 0.29) is 10.8 Å². The lowest BCUT2D eigenvalue weighted by Crippen LogP contribution is -2.39. The number of benzene rings is 4. The average Bonchev–Trinajstić information content (AvgIpc) is 3.63. The Bertz CT molecular complexity index is 1620. The Morgan fingerprint density at radius 1 is 0.535 bits per heavy atom. The van der Waals surface area contributed by atoms with Crippen molar-refractivity contribution < 1.29 is 0 Å². The van der Waals surface area contributed by atoms with Crippen LogP contribution in [0.15, 0.2) is 95.3 Å². The van der Waals surface area contributed by atoms with Crippen molar-refractivity contribution >= 4 is 20.2 Å². The highest BCUT2D eigenvalue weighted by atomic mass is 28.3. The zero-order valence-corrected chi connectivity index (χ0v) is 28.6. The number of hydrogen-bond acceptors (Lipinski definition) is 0. The summed E-state index contributed by atoms with van der Waals surface area (Å²) < 4.78 is 0. The number of fused-ring (bicyclic) bond motifs is 2. The predicted molar refractivity (Wildman–Crippen MR) is 191 cm³/mol. The summed E-state index contributed by atoms with van der Waals surface area (Å²) >= 11 is 0. The average molecular weight is 581 g/mol. The maximum absolute atomic E-state index is 2.63. The van der Waals surface area contributed by atoms with Crippen LogP contribution in [0.2, 0.25) is 12.1 Å². The lowest BCUT2D eigenvalue weighted by atomic mass is 9.85. The van der Waals surface area contributed by atoms with Gasteiger partial charge in [0.05, 0.1) is 0 Å². The van der Waals surface area contributed by atoms with Gasteiger partial charge >= 0.3 is 0 Å². The SMILES string of the molecule is CC[Si](CC)(C1=Cc2c(cccc2-c2cccc(C(C)(C)C)c2)C1)C1=Cc2c(cccc2-c2cccc(C(C)(C)C)c2)C1. The first-order valence-corrected chi connectivity index (χ1v) is 18.7. The van der Waals surface area contributed by atoms with Crippen molar-refractivity contribution in [1.29, 1.82) is 0 Å². The zero-order chi connectivity index (χ0) is 30.6. The highest BCUT2D eigenvalue weighted by molar-refractivity contribution is 6.94. The van der Waals surface area contributed by atoms with Gasteiger partial charge in [0.25, 0.3) is 0 Å². The fourth-order valence-corrected chi connectivity index (χ4v) is 12.2. The third-order valence-electron chi connectivity index (χ3n) is 10.3. The van der Waals surface area contributed by atoms with Crippen LogP contribution in [0.4, 0.5) is 0 Å². The molecule has 4 aromatic rings. The predicted octanol–water partition coefficient (Wildman–Crippen LogP) is 11.8. The molecule has 220 valence electrons. The third kappa shape index (κ3) is 5.31. The van der Waals surface area contributed by atoms with Crippen molar-refractivity contribution in [3.05, 3.63) is 129 Å². The van der Waals surface area contributed by atoms with Gasteiger partial charge in [0.15, 0.2) is 0 Å². The molecule has 2 aliphatic carbocycles. The summed E-state index contributed by atoms with van der Waals surface area (Å²) in [6.45, 7) is 18.8. The molecule has 0 heterocycles. The molecule has 4 aromatic carbocycles. The molecule has 2 aliphatic rings. The number of allylic oxidation sites excluding steroid dienone is 2. The fraction of sp³-hybridized carbons (Fsp3) is 0.333. The zero-order valence-electron chi connectivity index (χ0n) is 27.6. The van der Waals surface area contributed by atoms with E-state index in [0.717, 1.165) is 12.8 Å². The summed E-state index contributed by atoms with van der Waals surface area (Å²) in [5.74, 6) is 0. The lowest BCUT2D eigenvalue weighted by Gasteiger charge is -2.33. The molecule has 43 heavy (non-hydrogen) atoms. The smallest absolute Gasteiger partial charge is 0.0709 e. The minimum Gasteiger partial charge on any atom is -0.0709 e. The van der Waals surface area contributed by atoms with Crippen LogP contribution in [0, 0.1) is 0 Å². The molecular formula is C42H48Si. The molecule has 0 bridgehead atoms. The van der Waals surface area contributed by atoms with Gasteiger partial charge < -0.3 is 0 Å². The van der Waals surface area contributed by atoms with Crippen molar-refractivity contribution in [3.63, 3.8) is 0 Å². The molecule has 0 aromatic heterocycles. The Morgan fingerprint density at radius 3 is 1.30 bits per heavy atom. The molecule has 0 N–H and O–H groups in total. The molecule has 0 saturated heterocycles. The van der Waals surface area contributed by atoms with Crippen molar-refractivity contribution in [2.24, 2.45) is 0 Å². The van der Waals surface area contributed by atoms with Gasteiger partial charge in [0.1, 0.15) is 8.07 Å². The van der Waals surface area contributed by atoms with E-state index in [1.807, 2.05) is 0 Å². The molecule has 0 unspecified atom stereocenters. The summed E-state index contributed by atoms with van der Waals surface area (Å²) in [6, 6.07) is 34.9. The van der Waals surface area contributed by atoms with Crippen molar-refractivity contribution in [1.82, 2.24) is 0 Å². The highest BCUT2D eigenvalue weighted by Crippen LogP contribution is 2.47. The van der Waals surface area contributed by atoms with Gasteiger partial charge in [-0.3, -0.25) is 0 Å². The molecule has 0 radical (unpaired) electrons. The summed E-state index contributed by atoms with van der Waals surface area (Å²) in [5, 5.41) is 3.45. The van der Waals surface area contributed by atoms with Crippen LogP contribution in [0.5, 0.6) is 0 Å². The first-order chi connectivity index (χ1) is 20.4. The van der Waals surface area contributed by atoms with Crippen LogP contribution in [0.25, 0.3) is 34.4 Å². The van der Waals surface area contributed by atoms with Crippen LogP contribution in [0.3, 0.4) is 0 Å². The molecule has 0 fully saturated rings. The second-order valence-electron chi connectivity index (χ2n) is 14.9. The maximum Gasteiger partial charge on any atom is 0.109 e. The standard InChI is InChI=1S/C42H48Si/c1-9-43(10-2,35-25-31-17-13-21-37(39(31)27-35)29-15-11-19-33(23-29)41(3,4)5)36-26-32-18-14-22-38(40(32)28-36)30-16-12-20-34(24-30)42(6,7)8/h11-24,27-28H,9-10,25-26H2,1-8H3. The van der Waals surface area contributed by atoms with Crippen LogP contribution in [-0.4, -0.2) is 8.07 Å². The minimum atomic E-state index is -1.88. The summed E-state index contributed by atoms with van der Waals surface area (Å²) in [6.07, 6.45) is 7.46. The Morgan fingerprint density at radius 2 is 0.930 bits per heavy atom. The van der Waals surface area contributed by atoms with Crippen molar-refractivity contribution in [2.75, 3.05) is 0 Å². The largest absolute Gasteiger partial charge is 0.109 e. The van der Waals surface area contributed by atoms with Gasteiger partial charge in [-0.25, -0.2) is 0 Å². The Kier molecular flexibility index (Phi) is 7.54. The van der Waals surface area contributed by atoms with Crippen LogP contribution < -0.4 is 0 Å². The molecule has 0 aliphatic heterocycles. The van der Waals surface area contributed by atoms with Crippen LogP contribution in [-0.2, 0) is 23.7 Å². The second kappa shape index (κ2) is 10.9. The molecule has 0 amide bonds. The summed E-state index contributed by atoms with van der Waals surface area (Å²) in [4.78, 5) is 0. The Hall–Kier alpha value is -3.42. The number of hydrogen-bond donors (Lipinski definition) is 0. The van der Waals surface area contributed by atoms with Crippen LogP contribution in [0.1, 0.15) is 88.8 Å². The van der Waals surface area contributed by atoms with Crippen molar-refractivity contribution in [2.45, 2.75) is 91.1 Å². The molecule has 0 saturated carbocycles. The topological polar surface area (TPSA) is 0 Å². The van der Waals surface area contributed by atoms with Gasteiger partial charge in [-0.2, -0.15) is 0 Å². The molecule has 1 heteroatoms. The quantitative estimate of drug-likeness (QED) is 0.199. The third-order valence-corrected chi connectivity index (χ3v) is 15.8. The number of rotatable bonds is 6. The molecule has 6 rings (SSSR count). The van der Waals surface area contributed by atoms with Gasteiger partial charge in [-0.1, -0.05) is 175 Å². The van der Waals surface area contributed by atoms with E-state index in [1.165, 1.54) is 67.7 Å². The van der Waals surface area contributed by atoms with Crippen LogP contribution >= 0.6 is 0 Å².